The number of nitrogens with one attached hydrogen (secondary N) is 1. The minimum absolute atomic E-state index is 0.0277. The molecule has 1 aromatic rings. The fraction of sp³-hybridized carbons (Fsp3) is 0.583. The van der Waals surface area contributed by atoms with Crippen LogP contribution >= 0.6 is 0 Å². The Balaban J connectivity index is 1.98. The number of carbonyl (C=O) groups is 1. The predicted molar refractivity (Wildman–Crippen MR) is 71.1 cm³/mol. The fourth-order valence-corrected chi connectivity index (χ4v) is 3.30. The molecular formula is C12H18N2O5S. The van der Waals surface area contributed by atoms with Crippen molar-refractivity contribution in [2.75, 3.05) is 19.8 Å². The van der Waals surface area contributed by atoms with Gasteiger partial charge in [0.1, 0.15) is 10.6 Å². The van der Waals surface area contributed by atoms with Crippen molar-refractivity contribution in [3.8, 4) is 0 Å². The Morgan fingerprint density at radius 1 is 1.60 bits per heavy atom. The van der Waals surface area contributed by atoms with E-state index in [1.54, 1.807) is 0 Å². The van der Waals surface area contributed by atoms with Gasteiger partial charge >= 0.3 is 5.97 Å². The summed E-state index contributed by atoms with van der Waals surface area (Å²) in [6.45, 7) is 1.74. The first kappa shape index (κ1) is 15.0. The van der Waals surface area contributed by atoms with Gasteiger partial charge in [0.25, 0.3) is 0 Å². The van der Waals surface area contributed by atoms with Gasteiger partial charge in [0, 0.05) is 33.0 Å². The third-order valence-corrected chi connectivity index (χ3v) is 4.81. The molecule has 0 aromatic carbocycles. The quantitative estimate of drug-likeness (QED) is 0.794. The van der Waals surface area contributed by atoms with Crippen LogP contribution < -0.4 is 4.72 Å². The molecule has 1 atom stereocenters. The number of carboxylic acids is 1. The molecular weight excluding hydrogens is 284 g/mol. The molecule has 2 heterocycles. The Labute approximate surface area is 117 Å². The first-order valence-corrected chi connectivity index (χ1v) is 7.85. The number of nitrogens with zero attached hydrogens (tertiary/aromatic N) is 1. The normalized spacial score (nSPS) is 19.4. The fourth-order valence-electron chi connectivity index (χ4n) is 2.19. The summed E-state index contributed by atoms with van der Waals surface area (Å²) in [5, 5.41) is 8.91. The van der Waals surface area contributed by atoms with Gasteiger partial charge in [-0.3, -0.25) is 0 Å². The molecule has 2 N–H and O–H groups in total. The number of aromatic carboxylic acids is 1. The lowest BCUT2D eigenvalue weighted by molar-refractivity contribution is 0.0686. The van der Waals surface area contributed by atoms with Gasteiger partial charge in [0.2, 0.25) is 10.0 Å². The molecule has 0 aliphatic carbocycles. The van der Waals surface area contributed by atoms with Crippen LogP contribution in [0.2, 0.25) is 0 Å². The average molecular weight is 302 g/mol. The monoisotopic (exact) mass is 302 g/mol. The summed E-state index contributed by atoms with van der Waals surface area (Å²) in [5.41, 5.74) is -0.0606. The van der Waals surface area contributed by atoms with Gasteiger partial charge in [-0.2, -0.15) is 0 Å². The number of aromatic nitrogens is 1. The summed E-state index contributed by atoms with van der Waals surface area (Å²) in [6.07, 6.45) is 2.97. The molecule has 0 amide bonds. The molecule has 2 rings (SSSR count). The molecule has 0 bridgehead atoms. The molecule has 1 fully saturated rings. The maximum Gasteiger partial charge on any atom is 0.352 e. The predicted octanol–water partition coefficient (Wildman–Crippen LogP) is 0.428. The Kier molecular flexibility index (Phi) is 4.46. The van der Waals surface area contributed by atoms with Gasteiger partial charge in [0.05, 0.1) is 0 Å². The van der Waals surface area contributed by atoms with Gasteiger partial charge in [-0.15, -0.1) is 0 Å². The topological polar surface area (TPSA) is 97.6 Å². The highest BCUT2D eigenvalue weighted by atomic mass is 32.2. The Morgan fingerprint density at radius 2 is 2.35 bits per heavy atom. The average Bonchev–Trinajstić information content (AvgIpc) is 2.98. The molecule has 0 saturated carbocycles. The molecule has 0 spiro atoms. The highest BCUT2D eigenvalue weighted by molar-refractivity contribution is 7.89. The number of hydrogen-bond donors (Lipinski definition) is 2. The van der Waals surface area contributed by atoms with Crippen LogP contribution in [-0.2, 0) is 21.8 Å². The SMILES string of the molecule is Cn1cc(S(=O)(=O)NCCC2CCOC2)cc1C(=O)O. The lowest BCUT2D eigenvalue weighted by Crippen LogP contribution is -2.26. The number of rotatable bonds is 6. The summed E-state index contributed by atoms with van der Waals surface area (Å²) < 4.78 is 33.1. The molecule has 1 aliphatic heterocycles. The highest BCUT2D eigenvalue weighted by Gasteiger charge is 2.21. The van der Waals surface area contributed by atoms with Crippen LogP contribution in [0.3, 0.4) is 0 Å². The second-order valence-corrected chi connectivity index (χ2v) is 6.66. The van der Waals surface area contributed by atoms with E-state index in [1.807, 2.05) is 0 Å². The zero-order valence-electron chi connectivity index (χ0n) is 11.2. The van der Waals surface area contributed by atoms with E-state index in [-0.39, 0.29) is 10.6 Å². The maximum atomic E-state index is 12.0. The van der Waals surface area contributed by atoms with E-state index in [9.17, 15) is 13.2 Å². The van der Waals surface area contributed by atoms with Crippen LogP contribution in [0.25, 0.3) is 0 Å². The molecule has 112 valence electrons. The van der Waals surface area contributed by atoms with Crippen molar-refractivity contribution < 1.29 is 23.1 Å². The first-order chi connectivity index (χ1) is 9.40. The van der Waals surface area contributed by atoms with Crippen molar-refractivity contribution in [1.29, 1.82) is 0 Å². The standard InChI is InChI=1S/C12H18N2O5S/c1-14-7-10(6-11(14)12(15)16)20(17,18)13-4-2-9-3-5-19-8-9/h6-7,9,13H,2-5,8H2,1H3,(H,15,16). The van der Waals surface area contributed by atoms with Crippen molar-refractivity contribution >= 4 is 16.0 Å². The van der Waals surface area contributed by atoms with E-state index >= 15 is 0 Å². The number of hydrogen-bond acceptors (Lipinski definition) is 4. The molecule has 1 saturated heterocycles. The minimum Gasteiger partial charge on any atom is -0.477 e. The largest absolute Gasteiger partial charge is 0.477 e. The lowest BCUT2D eigenvalue weighted by atomic mass is 10.1. The smallest absolute Gasteiger partial charge is 0.352 e. The van der Waals surface area contributed by atoms with E-state index in [1.165, 1.54) is 17.8 Å². The maximum absolute atomic E-state index is 12.0. The molecule has 1 unspecified atom stereocenters. The van der Waals surface area contributed by atoms with Gasteiger partial charge in [-0.1, -0.05) is 0 Å². The summed E-state index contributed by atoms with van der Waals surface area (Å²) in [5.74, 6) is -0.764. The first-order valence-electron chi connectivity index (χ1n) is 6.37. The minimum atomic E-state index is -3.66. The number of carboxylic acid groups (broad SMARTS) is 1. The van der Waals surface area contributed by atoms with Crippen LogP contribution in [0.5, 0.6) is 0 Å². The lowest BCUT2D eigenvalue weighted by Gasteiger charge is -2.08. The van der Waals surface area contributed by atoms with Crippen molar-refractivity contribution in [2.24, 2.45) is 13.0 Å². The zero-order chi connectivity index (χ0) is 14.8. The van der Waals surface area contributed by atoms with E-state index in [0.717, 1.165) is 25.5 Å². The van der Waals surface area contributed by atoms with Crippen LogP contribution in [0.15, 0.2) is 17.2 Å². The van der Waals surface area contributed by atoms with Gasteiger partial charge < -0.3 is 14.4 Å². The molecule has 1 aromatic heterocycles. The van der Waals surface area contributed by atoms with Gasteiger partial charge in [-0.25, -0.2) is 17.9 Å². The van der Waals surface area contributed by atoms with Crippen LogP contribution in [0, 0.1) is 5.92 Å². The highest BCUT2D eigenvalue weighted by Crippen LogP contribution is 2.17. The van der Waals surface area contributed by atoms with Crippen LogP contribution in [0.1, 0.15) is 23.3 Å². The van der Waals surface area contributed by atoms with E-state index < -0.39 is 16.0 Å². The Hall–Kier alpha value is -1.38. The van der Waals surface area contributed by atoms with E-state index in [0.29, 0.717) is 19.1 Å². The number of ether oxygens (including phenoxy) is 1. The summed E-state index contributed by atoms with van der Waals surface area (Å²) in [4.78, 5) is 10.9. The summed E-state index contributed by atoms with van der Waals surface area (Å²) >= 11 is 0. The van der Waals surface area contributed by atoms with Crippen molar-refractivity contribution in [1.82, 2.24) is 9.29 Å². The van der Waals surface area contributed by atoms with Crippen molar-refractivity contribution in [3.05, 3.63) is 18.0 Å². The van der Waals surface area contributed by atoms with E-state index in [4.69, 9.17) is 9.84 Å². The molecule has 8 heteroatoms. The van der Waals surface area contributed by atoms with Gasteiger partial charge in [-0.05, 0) is 24.8 Å². The second kappa shape index (κ2) is 5.94. The molecule has 20 heavy (non-hydrogen) atoms. The third-order valence-electron chi connectivity index (χ3n) is 3.38. The second-order valence-electron chi connectivity index (χ2n) is 4.89. The van der Waals surface area contributed by atoms with Crippen LogP contribution in [0.4, 0.5) is 0 Å². The van der Waals surface area contributed by atoms with E-state index in [2.05, 4.69) is 4.72 Å². The zero-order valence-corrected chi connectivity index (χ0v) is 12.0. The molecule has 0 radical (unpaired) electrons. The summed E-state index contributed by atoms with van der Waals surface area (Å²) in [6, 6.07) is 1.16. The molecule has 1 aliphatic rings. The third kappa shape index (κ3) is 3.38. The number of sulfonamides is 1. The van der Waals surface area contributed by atoms with Crippen molar-refractivity contribution in [3.63, 3.8) is 0 Å². The van der Waals surface area contributed by atoms with Crippen LogP contribution in [-0.4, -0.2) is 43.8 Å². The van der Waals surface area contributed by atoms with Gasteiger partial charge in [0.15, 0.2) is 0 Å². The Bertz CT molecular complexity index is 587. The Morgan fingerprint density at radius 3 is 2.90 bits per heavy atom. The number of aryl methyl sites for hydroxylation is 1. The molecule has 7 nitrogen and oxygen atoms in total. The summed E-state index contributed by atoms with van der Waals surface area (Å²) in [7, 11) is -2.16. The van der Waals surface area contributed by atoms with Crippen molar-refractivity contribution in [2.45, 2.75) is 17.7 Å².